The van der Waals surface area contributed by atoms with Crippen molar-refractivity contribution < 1.29 is 13.2 Å². The van der Waals surface area contributed by atoms with E-state index in [2.05, 4.69) is 5.32 Å². The molecule has 1 aliphatic rings. The molecule has 0 spiro atoms. The maximum absolute atomic E-state index is 12.4. The first-order chi connectivity index (χ1) is 9.45. The van der Waals surface area contributed by atoms with Crippen molar-refractivity contribution in [3.05, 3.63) is 29.8 Å². The molecule has 0 aliphatic carbocycles. The lowest BCUT2D eigenvalue weighted by Crippen LogP contribution is -2.44. The Kier molecular flexibility index (Phi) is 4.45. The number of nitrogens with zero attached hydrogens (tertiary/aromatic N) is 1. The number of amides is 1. The molecule has 0 radical (unpaired) electrons. The first kappa shape index (κ1) is 15.0. The zero-order chi connectivity index (χ0) is 14.8. The average molecular weight is 296 g/mol. The molecule has 5 nitrogen and oxygen atoms in total. The highest BCUT2D eigenvalue weighted by atomic mass is 32.2. The fourth-order valence-corrected chi connectivity index (χ4v) is 4.04. The summed E-state index contributed by atoms with van der Waals surface area (Å²) in [6.45, 7) is 3.82. The number of sulfonamides is 1. The zero-order valence-corrected chi connectivity index (χ0v) is 12.6. The summed E-state index contributed by atoms with van der Waals surface area (Å²) in [5.41, 5.74) is 1.52. The lowest BCUT2D eigenvalue weighted by atomic mass is 10.2. The van der Waals surface area contributed by atoms with Gasteiger partial charge < -0.3 is 5.32 Å². The number of rotatable bonds is 4. The first-order valence-electron chi connectivity index (χ1n) is 6.84. The van der Waals surface area contributed by atoms with Crippen molar-refractivity contribution in [2.24, 2.45) is 0 Å². The molecule has 0 aromatic heterocycles. The fraction of sp³-hybridized carbons (Fsp3) is 0.500. The average Bonchev–Trinajstić information content (AvgIpc) is 2.55. The summed E-state index contributed by atoms with van der Waals surface area (Å²) in [5.74, 6) is -0.196. The monoisotopic (exact) mass is 296 g/mol. The molecule has 0 saturated heterocycles. The Hall–Kier alpha value is -1.40. The number of anilines is 1. The molecular weight excluding hydrogens is 276 g/mol. The molecule has 0 fully saturated rings. The Morgan fingerprint density at radius 1 is 1.35 bits per heavy atom. The van der Waals surface area contributed by atoms with Crippen LogP contribution in [-0.4, -0.2) is 30.4 Å². The van der Waals surface area contributed by atoms with Crippen LogP contribution in [0.2, 0.25) is 0 Å². The normalized spacial score (nSPS) is 20.1. The Morgan fingerprint density at radius 3 is 2.75 bits per heavy atom. The van der Waals surface area contributed by atoms with Gasteiger partial charge in [0.15, 0.2) is 0 Å². The van der Waals surface area contributed by atoms with Gasteiger partial charge in [0.25, 0.3) is 0 Å². The number of hydrogen-bond acceptors (Lipinski definition) is 3. The Morgan fingerprint density at radius 2 is 2.05 bits per heavy atom. The van der Waals surface area contributed by atoms with Crippen LogP contribution in [0.5, 0.6) is 0 Å². The molecule has 1 unspecified atom stereocenters. The molecule has 1 aromatic rings. The Balaban J connectivity index is 2.35. The van der Waals surface area contributed by atoms with Gasteiger partial charge >= 0.3 is 0 Å². The van der Waals surface area contributed by atoms with Crippen molar-refractivity contribution >= 4 is 21.6 Å². The molecule has 6 heteroatoms. The smallest absolute Gasteiger partial charge is 0.242 e. The van der Waals surface area contributed by atoms with Gasteiger partial charge in [0.1, 0.15) is 6.04 Å². The minimum Gasteiger partial charge on any atom is -0.324 e. The first-order valence-corrected chi connectivity index (χ1v) is 8.45. The molecular formula is C14H20N2O3S. The molecule has 0 saturated carbocycles. The molecule has 1 N–H and O–H groups in total. The number of benzene rings is 1. The quantitative estimate of drug-likeness (QED) is 0.923. The topological polar surface area (TPSA) is 66.5 Å². The maximum atomic E-state index is 12.4. The van der Waals surface area contributed by atoms with Crippen LogP contribution in [0.15, 0.2) is 24.3 Å². The van der Waals surface area contributed by atoms with Crippen LogP contribution in [0, 0.1) is 0 Å². The van der Waals surface area contributed by atoms with E-state index in [1.165, 1.54) is 4.31 Å². The van der Waals surface area contributed by atoms with Crippen molar-refractivity contribution in [3.63, 3.8) is 0 Å². The minimum atomic E-state index is -3.42. The number of carbonyl (C=O) groups excluding carboxylic acids is 1. The molecule has 1 atom stereocenters. The van der Waals surface area contributed by atoms with Crippen LogP contribution in [0.3, 0.4) is 0 Å². The number of para-hydroxylation sites is 1. The van der Waals surface area contributed by atoms with Crippen molar-refractivity contribution in [1.29, 1.82) is 0 Å². The van der Waals surface area contributed by atoms with Gasteiger partial charge in [-0.05, 0) is 25.0 Å². The summed E-state index contributed by atoms with van der Waals surface area (Å²) in [6.07, 6.45) is 1.42. The van der Waals surface area contributed by atoms with Gasteiger partial charge in [-0.15, -0.1) is 0 Å². The molecule has 0 bridgehead atoms. The summed E-state index contributed by atoms with van der Waals surface area (Å²) < 4.78 is 26.1. The second-order valence-electron chi connectivity index (χ2n) is 5.04. The second-order valence-corrected chi connectivity index (χ2v) is 7.08. The van der Waals surface area contributed by atoms with Crippen molar-refractivity contribution in [1.82, 2.24) is 4.31 Å². The van der Waals surface area contributed by atoms with E-state index in [-0.39, 0.29) is 18.2 Å². The summed E-state index contributed by atoms with van der Waals surface area (Å²) in [6, 6.07) is 6.62. The van der Waals surface area contributed by atoms with Crippen LogP contribution >= 0.6 is 0 Å². The van der Waals surface area contributed by atoms with E-state index in [0.717, 1.165) is 12.0 Å². The van der Waals surface area contributed by atoms with Gasteiger partial charge in [0, 0.05) is 12.2 Å². The predicted molar refractivity (Wildman–Crippen MR) is 78.8 cm³/mol. The predicted octanol–water partition coefficient (Wildman–Crippen LogP) is 1.96. The van der Waals surface area contributed by atoms with Gasteiger partial charge in [-0.25, -0.2) is 8.42 Å². The number of carbonyl (C=O) groups is 1. The molecule has 1 aliphatic heterocycles. The zero-order valence-electron chi connectivity index (χ0n) is 11.8. The summed E-state index contributed by atoms with van der Waals surface area (Å²) in [5, 5.41) is 2.79. The van der Waals surface area contributed by atoms with Crippen LogP contribution in [0.25, 0.3) is 0 Å². The van der Waals surface area contributed by atoms with E-state index in [1.807, 2.05) is 25.1 Å². The molecule has 20 heavy (non-hydrogen) atoms. The summed E-state index contributed by atoms with van der Waals surface area (Å²) >= 11 is 0. The number of nitrogens with one attached hydrogen (secondary N) is 1. The standard InChI is InChI=1S/C14H20N2O3S/c1-3-4-9-20(18,19)16-10-12-7-5-6-8-13(12)15-14(17)11(16)2/h5-8,11H,3-4,9-10H2,1-2H3,(H,15,17). The molecule has 1 amide bonds. The molecule has 110 valence electrons. The van der Waals surface area contributed by atoms with E-state index >= 15 is 0 Å². The lowest BCUT2D eigenvalue weighted by molar-refractivity contribution is -0.119. The number of hydrogen-bond donors (Lipinski definition) is 1. The number of unbranched alkanes of at least 4 members (excludes halogenated alkanes) is 1. The van der Waals surface area contributed by atoms with Crippen molar-refractivity contribution in [2.45, 2.75) is 39.3 Å². The van der Waals surface area contributed by atoms with Crippen molar-refractivity contribution in [2.75, 3.05) is 11.1 Å². The van der Waals surface area contributed by atoms with Gasteiger partial charge in [-0.3, -0.25) is 4.79 Å². The molecule has 2 rings (SSSR count). The van der Waals surface area contributed by atoms with Gasteiger partial charge in [0.05, 0.1) is 5.75 Å². The van der Waals surface area contributed by atoms with E-state index < -0.39 is 16.1 Å². The van der Waals surface area contributed by atoms with E-state index in [4.69, 9.17) is 0 Å². The minimum absolute atomic E-state index is 0.0866. The van der Waals surface area contributed by atoms with Gasteiger partial charge in [-0.1, -0.05) is 31.5 Å². The highest BCUT2D eigenvalue weighted by Gasteiger charge is 2.34. The third-order valence-corrected chi connectivity index (χ3v) is 5.49. The lowest BCUT2D eigenvalue weighted by Gasteiger charge is -2.24. The third-order valence-electron chi connectivity index (χ3n) is 3.53. The van der Waals surface area contributed by atoms with Crippen LogP contribution in [0.4, 0.5) is 5.69 Å². The van der Waals surface area contributed by atoms with E-state index in [1.54, 1.807) is 13.0 Å². The second kappa shape index (κ2) is 5.93. The molecule has 1 aromatic carbocycles. The maximum Gasteiger partial charge on any atom is 0.242 e. The van der Waals surface area contributed by atoms with Crippen LogP contribution < -0.4 is 5.32 Å². The van der Waals surface area contributed by atoms with Crippen LogP contribution in [-0.2, 0) is 21.4 Å². The number of fused-ring (bicyclic) bond motifs is 1. The summed E-state index contributed by atoms with van der Waals surface area (Å²) in [7, 11) is -3.42. The highest BCUT2D eigenvalue weighted by molar-refractivity contribution is 7.89. The Labute approximate surface area is 120 Å². The summed E-state index contributed by atoms with van der Waals surface area (Å²) in [4.78, 5) is 12.1. The fourth-order valence-electron chi connectivity index (χ4n) is 2.24. The third kappa shape index (κ3) is 3.02. The van der Waals surface area contributed by atoms with Crippen molar-refractivity contribution in [3.8, 4) is 0 Å². The Bertz CT molecular complexity index is 598. The van der Waals surface area contributed by atoms with Gasteiger partial charge in [0.2, 0.25) is 15.9 Å². The molecule has 1 heterocycles. The van der Waals surface area contributed by atoms with Crippen LogP contribution in [0.1, 0.15) is 32.3 Å². The largest absolute Gasteiger partial charge is 0.324 e. The highest BCUT2D eigenvalue weighted by Crippen LogP contribution is 2.25. The SMILES string of the molecule is CCCCS(=O)(=O)N1Cc2ccccc2NC(=O)C1C. The van der Waals surface area contributed by atoms with E-state index in [0.29, 0.717) is 12.1 Å². The van der Waals surface area contributed by atoms with E-state index in [9.17, 15) is 13.2 Å². The van der Waals surface area contributed by atoms with Gasteiger partial charge in [-0.2, -0.15) is 4.31 Å².